The number of rotatable bonds is 11. The molecule has 202 valence electrons. The number of hydrogen-bond acceptors (Lipinski definition) is 9. The molecule has 9 heteroatoms. The summed E-state index contributed by atoms with van der Waals surface area (Å²) in [5, 5.41) is 3.25. The molecule has 2 aliphatic rings. The van der Waals surface area contributed by atoms with Gasteiger partial charge in [0.25, 0.3) is 0 Å². The summed E-state index contributed by atoms with van der Waals surface area (Å²) in [7, 11) is 1.66. The van der Waals surface area contributed by atoms with Crippen molar-refractivity contribution in [1.29, 1.82) is 0 Å². The van der Waals surface area contributed by atoms with Gasteiger partial charge < -0.3 is 19.5 Å². The minimum Gasteiger partial charge on any atom is -0.497 e. The molecule has 2 saturated heterocycles. The van der Waals surface area contributed by atoms with Crippen LogP contribution in [-0.2, 0) is 4.74 Å². The minimum atomic E-state index is 0.556. The second kappa shape index (κ2) is 13.5. The average Bonchev–Trinajstić information content (AvgIpc) is 2.99. The molecule has 0 spiro atoms. The predicted molar refractivity (Wildman–Crippen MR) is 149 cm³/mol. The van der Waals surface area contributed by atoms with Gasteiger partial charge in [0.2, 0.25) is 5.95 Å². The largest absolute Gasteiger partial charge is 0.497 e. The third-order valence-electron chi connectivity index (χ3n) is 7.16. The van der Waals surface area contributed by atoms with Crippen LogP contribution < -0.4 is 14.8 Å². The van der Waals surface area contributed by atoms with E-state index in [0.29, 0.717) is 12.6 Å². The molecule has 0 atom stereocenters. The molecule has 0 aliphatic carbocycles. The van der Waals surface area contributed by atoms with E-state index in [-0.39, 0.29) is 0 Å². The van der Waals surface area contributed by atoms with Crippen LogP contribution in [0.4, 0.5) is 11.6 Å². The number of nitrogens with zero attached hydrogens (tertiary/aromatic N) is 5. The highest BCUT2D eigenvalue weighted by molar-refractivity contribution is 5.63. The van der Waals surface area contributed by atoms with Gasteiger partial charge in [-0.15, -0.1) is 0 Å². The van der Waals surface area contributed by atoms with E-state index in [1.54, 1.807) is 7.11 Å². The van der Waals surface area contributed by atoms with Crippen molar-refractivity contribution in [1.82, 2.24) is 24.7 Å². The van der Waals surface area contributed by atoms with Gasteiger partial charge in [0.1, 0.15) is 18.1 Å². The lowest BCUT2D eigenvalue weighted by Gasteiger charge is -2.36. The lowest BCUT2D eigenvalue weighted by molar-refractivity contribution is 0.0295. The normalized spacial score (nSPS) is 17.3. The van der Waals surface area contributed by atoms with Crippen molar-refractivity contribution in [3.8, 4) is 22.6 Å². The first-order chi connectivity index (χ1) is 18.7. The second-order valence-electron chi connectivity index (χ2n) is 9.66. The fourth-order valence-electron chi connectivity index (χ4n) is 4.73. The van der Waals surface area contributed by atoms with Gasteiger partial charge in [0.05, 0.1) is 20.3 Å². The van der Waals surface area contributed by atoms with Gasteiger partial charge in [-0.2, -0.15) is 0 Å². The lowest BCUT2D eigenvalue weighted by atomic mass is 10.1. The first kappa shape index (κ1) is 26.4. The number of morpholine rings is 1. The molecule has 1 aromatic heterocycles. The Hall–Kier alpha value is -3.24. The molecule has 1 N–H and O–H groups in total. The number of methoxy groups -OCH3 is 1. The van der Waals surface area contributed by atoms with E-state index in [9.17, 15) is 0 Å². The summed E-state index contributed by atoms with van der Waals surface area (Å²) < 4.78 is 16.7. The minimum absolute atomic E-state index is 0.556. The van der Waals surface area contributed by atoms with Crippen molar-refractivity contribution < 1.29 is 14.2 Å². The maximum absolute atomic E-state index is 6.01. The molecule has 9 nitrogen and oxygen atoms in total. The Morgan fingerprint density at radius 3 is 1.92 bits per heavy atom. The number of ether oxygens (including phenoxy) is 3. The van der Waals surface area contributed by atoms with Crippen LogP contribution in [0.1, 0.15) is 0 Å². The Kier molecular flexibility index (Phi) is 9.39. The summed E-state index contributed by atoms with van der Waals surface area (Å²) in [4.78, 5) is 16.5. The van der Waals surface area contributed by atoms with Crippen LogP contribution in [0.5, 0.6) is 11.5 Å². The zero-order valence-corrected chi connectivity index (χ0v) is 22.2. The molecule has 3 aromatic rings. The van der Waals surface area contributed by atoms with Gasteiger partial charge in [0, 0.05) is 82.5 Å². The van der Waals surface area contributed by atoms with E-state index < -0.39 is 0 Å². The summed E-state index contributed by atoms with van der Waals surface area (Å²) in [6.07, 6.45) is 3.64. The van der Waals surface area contributed by atoms with E-state index >= 15 is 0 Å². The highest BCUT2D eigenvalue weighted by Crippen LogP contribution is 2.23. The molecule has 0 unspecified atom stereocenters. The van der Waals surface area contributed by atoms with Crippen molar-refractivity contribution in [2.45, 2.75) is 0 Å². The first-order valence-corrected chi connectivity index (χ1v) is 13.5. The molecule has 2 fully saturated rings. The number of aromatic nitrogens is 2. The molecule has 2 aromatic carbocycles. The molecule has 5 rings (SSSR count). The van der Waals surface area contributed by atoms with Crippen LogP contribution in [0.25, 0.3) is 11.1 Å². The smallest absolute Gasteiger partial charge is 0.227 e. The monoisotopic (exact) mass is 518 g/mol. The summed E-state index contributed by atoms with van der Waals surface area (Å²) in [6.45, 7) is 12.3. The molecule has 0 radical (unpaired) electrons. The van der Waals surface area contributed by atoms with E-state index in [2.05, 4.69) is 30.0 Å². The van der Waals surface area contributed by atoms with Crippen molar-refractivity contribution in [3.05, 3.63) is 60.9 Å². The SMILES string of the molecule is COc1ccc(-c2cnc(Nc3ccc(OCCN4CCN(CCN5CCOCC5)CC4)cc3)nc2)cc1. The van der Waals surface area contributed by atoms with E-state index in [1.165, 1.54) is 0 Å². The van der Waals surface area contributed by atoms with Crippen molar-refractivity contribution in [2.75, 3.05) is 91.2 Å². The predicted octanol–water partition coefficient (Wildman–Crippen LogP) is 3.22. The summed E-state index contributed by atoms with van der Waals surface area (Å²) in [5.41, 5.74) is 2.92. The van der Waals surface area contributed by atoms with Gasteiger partial charge in [0.15, 0.2) is 0 Å². The highest BCUT2D eigenvalue weighted by atomic mass is 16.5. The van der Waals surface area contributed by atoms with Crippen molar-refractivity contribution >= 4 is 11.6 Å². The third-order valence-corrected chi connectivity index (χ3v) is 7.16. The third kappa shape index (κ3) is 7.64. The van der Waals surface area contributed by atoms with E-state index in [1.807, 2.05) is 60.9 Å². The maximum atomic E-state index is 6.01. The number of nitrogens with one attached hydrogen (secondary N) is 1. The number of anilines is 2. The molecule has 3 heterocycles. The molecule has 0 bridgehead atoms. The molecule has 0 amide bonds. The number of benzene rings is 2. The summed E-state index contributed by atoms with van der Waals surface area (Å²) in [6, 6.07) is 15.8. The zero-order chi connectivity index (χ0) is 26.0. The van der Waals surface area contributed by atoms with Crippen LogP contribution in [0.3, 0.4) is 0 Å². The second-order valence-corrected chi connectivity index (χ2v) is 9.66. The van der Waals surface area contributed by atoms with Crippen LogP contribution in [0, 0.1) is 0 Å². The van der Waals surface area contributed by atoms with Crippen LogP contribution in [-0.4, -0.2) is 111 Å². The lowest BCUT2D eigenvalue weighted by Crippen LogP contribution is -2.50. The molecule has 2 aliphatic heterocycles. The molecular formula is C29H38N6O3. The fraction of sp³-hybridized carbons (Fsp3) is 0.448. The maximum Gasteiger partial charge on any atom is 0.227 e. The van der Waals surface area contributed by atoms with Gasteiger partial charge in [-0.05, 0) is 42.0 Å². The Morgan fingerprint density at radius 1 is 0.711 bits per heavy atom. The van der Waals surface area contributed by atoms with Gasteiger partial charge >= 0.3 is 0 Å². The molecular weight excluding hydrogens is 480 g/mol. The Bertz CT molecular complexity index is 1100. The first-order valence-electron chi connectivity index (χ1n) is 13.5. The van der Waals surface area contributed by atoms with Crippen molar-refractivity contribution in [2.24, 2.45) is 0 Å². The summed E-state index contributed by atoms with van der Waals surface area (Å²) in [5.74, 6) is 2.25. The molecule has 0 saturated carbocycles. The topological polar surface area (TPSA) is 75.2 Å². The zero-order valence-electron chi connectivity index (χ0n) is 22.2. The quantitative estimate of drug-likeness (QED) is 0.412. The Balaban J connectivity index is 0.997. The Labute approximate surface area is 225 Å². The van der Waals surface area contributed by atoms with Crippen LogP contribution in [0.15, 0.2) is 60.9 Å². The summed E-state index contributed by atoms with van der Waals surface area (Å²) >= 11 is 0. The van der Waals surface area contributed by atoms with Gasteiger partial charge in [-0.3, -0.25) is 14.7 Å². The fourth-order valence-corrected chi connectivity index (χ4v) is 4.73. The number of piperazine rings is 1. The van der Waals surface area contributed by atoms with E-state index in [4.69, 9.17) is 14.2 Å². The number of hydrogen-bond donors (Lipinski definition) is 1. The van der Waals surface area contributed by atoms with E-state index in [0.717, 1.165) is 100 Å². The van der Waals surface area contributed by atoms with Gasteiger partial charge in [-0.25, -0.2) is 9.97 Å². The standard InChI is InChI=1S/C29H38N6O3/c1-36-27-6-2-24(3-7-27)25-22-30-29(31-23-25)32-26-4-8-28(9-5-26)38-21-18-34-13-10-33(11-14-34)12-15-35-16-19-37-20-17-35/h2-9,22-23H,10-21H2,1H3,(H,30,31,32). The average molecular weight is 519 g/mol. The Morgan fingerprint density at radius 2 is 1.29 bits per heavy atom. The molecule has 38 heavy (non-hydrogen) atoms. The highest BCUT2D eigenvalue weighted by Gasteiger charge is 2.18. The van der Waals surface area contributed by atoms with Gasteiger partial charge in [-0.1, -0.05) is 12.1 Å². The van der Waals surface area contributed by atoms with Crippen molar-refractivity contribution in [3.63, 3.8) is 0 Å². The van der Waals surface area contributed by atoms with Crippen LogP contribution >= 0.6 is 0 Å². The van der Waals surface area contributed by atoms with Crippen LogP contribution in [0.2, 0.25) is 0 Å².